The first-order chi connectivity index (χ1) is 13.2. The van der Waals surface area contributed by atoms with E-state index >= 15 is 0 Å². The molecule has 3 atom stereocenters. The number of benzene rings is 1. The van der Waals surface area contributed by atoms with Crippen molar-refractivity contribution in [1.29, 1.82) is 0 Å². The fraction of sp³-hybridized carbons (Fsp3) is 0.524. The zero-order chi connectivity index (χ0) is 20.5. The number of carbonyl (C=O) groups excluding carboxylic acids is 2. The van der Waals surface area contributed by atoms with E-state index in [1.807, 2.05) is 30.3 Å². The number of amides is 1. The minimum atomic E-state index is -0.855. The summed E-state index contributed by atoms with van der Waals surface area (Å²) in [7, 11) is 0. The van der Waals surface area contributed by atoms with Gasteiger partial charge >= 0.3 is 12.1 Å². The summed E-state index contributed by atoms with van der Waals surface area (Å²) >= 11 is 0. The second-order valence-corrected chi connectivity index (χ2v) is 7.99. The summed E-state index contributed by atoms with van der Waals surface area (Å²) in [5.74, 6) is -0.881. The van der Waals surface area contributed by atoms with Crippen molar-refractivity contribution in [2.24, 2.45) is 5.92 Å². The number of carbonyl (C=O) groups is 2. The number of hydrogen-bond donors (Lipinski definition) is 0. The maximum absolute atomic E-state index is 13.0. The molecule has 1 amide bonds. The van der Waals surface area contributed by atoms with Crippen molar-refractivity contribution in [2.75, 3.05) is 0 Å². The molecule has 26 heavy (non-hydrogen) atoms. The fourth-order valence-corrected chi connectivity index (χ4v) is 3.73. The molecule has 0 aromatic heterocycles. The lowest BCUT2D eigenvalue weighted by Gasteiger charge is -2.50. The third-order valence-electron chi connectivity index (χ3n) is 4.86. The van der Waals surface area contributed by atoms with Gasteiger partial charge in [0.25, 0.3) is 0 Å². The van der Waals surface area contributed by atoms with Crippen molar-refractivity contribution < 1.29 is 21.8 Å². The lowest BCUT2D eigenvalue weighted by atomic mass is 9.72. The molecule has 0 N–H and O–H groups in total. The van der Waals surface area contributed by atoms with Gasteiger partial charge < -0.3 is 9.47 Å². The summed E-state index contributed by atoms with van der Waals surface area (Å²) in [6.07, 6.45) is 1.28. The van der Waals surface area contributed by atoms with Crippen LogP contribution in [-0.4, -0.2) is 34.6 Å². The summed E-state index contributed by atoms with van der Waals surface area (Å²) < 4.78 is 26.6. The molecule has 1 aliphatic carbocycles. The summed E-state index contributed by atoms with van der Waals surface area (Å²) in [6.45, 7) is 5.20. The average molecular weight is 359 g/mol. The quantitative estimate of drug-likeness (QED) is 0.603. The van der Waals surface area contributed by atoms with E-state index in [-0.39, 0.29) is 25.1 Å². The lowest BCUT2D eigenvalue weighted by Crippen LogP contribution is -2.62. The van der Waals surface area contributed by atoms with Crippen LogP contribution in [0.5, 0.6) is 0 Å². The zero-order valence-corrected chi connectivity index (χ0v) is 15.5. The van der Waals surface area contributed by atoms with E-state index in [4.69, 9.17) is 12.2 Å². The standard InChI is InChI=1S/C21H27NO4/c1-14-12-16-10-11-17(14)18(22(16)20(24)26-21(2,3)4)19(23)25-13-15-8-6-5-7-9-15/h5-9,16-18H,1,10-13H2,2-4H3/t16-,17+,18-/m0/s1/i1D2. The van der Waals surface area contributed by atoms with Crippen molar-refractivity contribution >= 4 is 12.1 Å². The van der Waals surface area contributed by atoms with Crippen LogP contribution in [0.15, 0.2) is 42.4 Å². The highest BCUT2D eigenvalue weighted by Gasteiger charge is 2.51. The predicted octanol–water partition coefficient (Wildman–Crippen LogP) is 4.07. The maximum atomic E-state index is 13.0. The van der Waals surface area contributed by atoms with Crippen LogP contribution in [0, 0.1) is 5.92 Å². The van der Waals surface area contributed by atoms with Crippen LogP contribution in [0.2, 0.25) is 0 Å². The van der Waals surface area contributed by atoms with E-state index in [2.05, 4.69) is 0 Å². The topological polar surface area (TPSA) is 55.8 Å². The van der Waals surface area contributed by atoms with Gasteiger partial charge in [0, 0.05) is 12.0 Å². The van der Waals surface area contributed by atoms with E-state index in [9.17, 15) is 9.59 Å². The smallest absolute Gasteiger partial charge is 0.411 e. The molecule has 4 rings (SSSR count). The van der Waals surface area contributed by atoms with Gasteiger partial charge in [0.15, 0.2) is 0 Å². The van der Waals surface area contributed by atoms with Gasteiger partial charge in [0.2, 0.25) is 0 Å². The number of nitrogens with zero attached hydrogens (tertiary/aromatic N) is 1. The van der Waals surface area contributed by atoms with Gasteiger partial charge in [-0.3, -0.25) is 4.90 Å². The molecule has 5 nitrogen and oxygen atoms in total. The van der Waals surface area contributed by atoms with Crippen molar-refractivity contribution in [3.8, 4) is 0 Å². The van der Waals surface area contributed by atoms with E-state index in [0.717, 1.165) is 12.0 Å². The largest absolute Gasteiger partial charge is 0.459 e. The number of piperidine rings is 2. The maximum Gasteiger partial charge on any atom is 0.411 e. The number of rotatable bonds is 3. The highest BCUT2D eigenvalue weighted by molar-refractivity contribution is 5.83. The van der Waals surface area contributed by atoms with E-state index in [0.29, 0.717) is 18.4 Å². The molecule has 3 aliphatic rings. The Labute approximate surface area is 157 Å². The molecule has 2 heterocycles. The highest BCUT2D eigenvalue weighted by Crippen LogP contribution is 2.43. The fourth-order valence-electron chi connectivity index (χ4n) is 3.73. The summed E-state index contributed by atoms with van der Waals surface area (Å²) in [5, 5.41) is 0. The second-order valence-electron chi connectivity index (χ2n) is 7.99. The Morgan fingerprint density at radius 3 is 2.65 bits per heavy atom. The first kappa shape index (κ1) is 15.9. The monoisotopic (exact) mass is 359 g/mol. The van der Waals surface area contributed by atoms with Crippen LogP contribution in [0.3, 0.4) is 0 Å². The summed E-state index contributed by atoms with van der Waals surface area (Å²) in [5.41, 5.74) is 0.803. The first-order valence-electron chi connectivity index (χ1n) is 10.1. The number of fused-ring (bicyclic) bond motifs is 3. The molecule has 1 saturated carbocycles. The molecule has 140 valence electrons. The van der Waals surface area contributed by atoms with Gasteiger partial charge in [-0.05, 0) is 45.6 Å². The zero-order valence-electron chi connectivity index (χ0n) is 17.5. The Hall–Kier alpha value is -2.30. The van der Waals surface area contributed by atoms with Gasteiger partial charge in [-0.25, -0.2) is 9.59 Å². The number of hydrogen-bond acceptors (Lipinski definition) is 4. The Kier molecular flexibility index (Phi) is 4.37. The van der Waals surface area contributed by atoms with Crippen LogP contribution in [0.1, 0.15) is 48.3 Å². The number of ether oxygens (including phenoxy) is 2. The van der Waals surface area contributed by atoms with Crippen LogP contribution >= 0.6 is 0 Å². The van der Waals surface area contributed by atoms with Gasteiger partial charge in [0.05, 0.1) is 2.74 Å². The van der Waals surface area contributed by atoms with Gasteiger partial charge in [0.1, 0.15) is 18.2 Å². The van der Waals surface area contributed by atoms with Crippen LogP contribution in [0.4, 0.5) is 4.79 Å². The van der Waals surface area contributed by atoms with Crippen LogP contribution in [0.25, 0.3) is 0 Å². The van der Waals surface area contributed by atoms with Crippen LogP contribution < -0.4 is 0 Å². The average Bonchev–Trinajstić information content (AvgIpc) is 2.65. The molecule has 0 radical (unpaired) electrons. The molecule has 2 bridgehead atoms. The van der Waals surface area contributed by atoms with E-state index in [1.165, 1.54) is 4.90 Å². The lowest BCUT2D eigenvalue weighted by molar-refractivity contribution is -0.157. The molecule has 1 aromatic carbocycles. The molecule has 1 aromatic rings. The summed E-state index contributed by atoms with van der Waals surface area (Å²) in [6, 6.07) is 8.24. The Morgan fingerprint density at radius 1 is 1.27 bits per heavy atom. The van der Waals surface area contributed by atoms with E-state index in [1.54, 1.807) is 20.8 Å². The van der Waals surface area contributed by atoms with Crippen molar-refractivity contribution in [3.05, 3.63) is 48.0 Å². The molecule has 2 aliphatic heterocycles. The van der Waals surface area contributed by atoms with Crippen molar-refractivity contribution in [1.82, 2.24) is 4.90 Å². The van der Waals surface area contributed by atoms with Gasteiger partial charge in [-0.1, -0.05) is 42.4 Å². The molecule has 0 unspecified atom stereocenters. The van der Waals surface area contributed by atoms with Gasteiger partial charge in [-0.15, -0.1) is 0 Å². The molecule has 3 fully saturated rings. The molecule has 5 heteroatoms. The van der Waals surface area contributed by atoms with Crippen LogP contribution in [-0.2, 0) is 20.9 Å². The third kappa shape index (κ3) is 3.92. The Morgan fingerprint density at radius 2 is 2.00 bits per heavy atom. The van der Waals surface area contributed by atoms with E-state index < -0.39 is 23.7 Å². The molecule has 2 saturated heterocycles. The normalized spacial score (nSPS) is 26.0. The number of esters is 1. The van der Waals surface area contributed by atoms with Crippen molar-refractivity contribution in [3.63, 3.8) is 0 Å². The second kappa shape index (κ2) is 7.14. The third-order valence-corrected chi connectivity index (χ3v) is 4.86. The SMILES string of the molecule is [2H]C([2H])=C1C[C@@H]2CC[C@H]1[C@@H](C(=O)OCc1ccccc1)N2C(=O)OC(C)(C)C. The molecular weight excluding hydrogens is 330 g/mol. The van der Waals surface area contributed by atoms with Gasteiger partial charge in [-0.2, -0.15) is 0 Å². The Bertz CT molecular complexity index is 768. The first-order valence-corrected chi connectivity index (χ1v) is 9.05. The Balaban J connectivity index is 1.84. The minimum Gasteiger partial charge on any atom is -0.459 e. The molecule has 0 spiro atoms. The highest BCUT2D eigenvalue weighted by atomic mass is 16.6. The minimum absolute atomic E-state index is 0.114. The van der Waals surface area contributed by atoms with Crippen molar-refractivity contribution in [2.45, 2.75) is 64.3 Å². The summed E-state index contributed by atoms with van der Waals surface area (Å²) in [4.78, 5) is 27.3. The predicted molar refractivity (Wildman–Crippen MR) is 98.4 cm³/mol. The molecular formula is C21H27NO4.